The number of esters is 1. The first-order valence-electron chi connectivity index (χ1n) is 10.2. The van der Waals surface area contributed by atoms with Gasteiger partial charge in [0.05, 0.1) is 21.4 Å². The monoisotopic (exact) mass is 498 g/mol. The minimum absolute atomic E-state index is 0.0367. The Labute approximate surface area is 190 Å². The Hall–Kier alpha value is -1.85. The molecular formula is C20H26ClF3N2O5S. The Morgan fingerprint density at radius 1 is 1.28 bits per heavy atom. The summed E-state index contributed by atoms with van der Waals surface area (Å²) in [7, 11) is -4.20. The number of hydrogen-bond acceptors (Lipinski definition) is 5. The normalized spacial score (nSPS) is 17.1. The molecule has 1 aliphatic rings. The number of ether oxygens (including phenoxy) is 1. The molecule has 1 aromatic carbocycles. The molecule has 180 valence electrons. The van der Waals surface area contributed by atoms with Gasteiger partial charge in [-0.15, -0.1) is 0 Å². The Bertz CT molecular complexity index is 932. The first-order chi connectivity index (χ1) is 14.9. The lowest BCUT2D eigenvalue weighted by Crippen LogP contribution is -2.41. The van der Waals surface area contributed by atoms with E-state index >= 15 is 0 Å². The average molecular weight is 499 g/mol. The van der Waals surface area contributed by atoms with Crippen LogP contribution in [-0.4, -0.2) is 50.3 Å². The maximum atomic E-state index is 13.1. The second-order valence-corrected chi connectivity index (χ2v) is 10.0. The van der Waals surface area contributed by atoms with E-state index in [1.807, 2.05) is 13.8 Å². The molecule has 1 atom stereocenters. The Morgan fingerprint density at radius 2 is 1.91 bits per heavy atom. The van der Waals surface area contributed by atoms with Crippen molar-refractivity contribution in [1.29, 1.82) is 0 Å². The third kappa shape index (κ3) is 6.82. The van der Waals surface area contributed by atoms with Crippen molar-refractivity contribution in [3.63, 3.8) is 0 Å². The quantitative estimate of drug-likeness (QED) is 0.553. The Morgan fingerprint density at radius 3 is 2.47 bits per heavy atom. The number of piperidine rings is 1. The van der Waals surface area contributed by atoms with Crippen molar-refractivity contribution in [2.45, 2.75) is 56.6 Å². The molecular weight excluding hydrogens is 473 g/mol. The number of rotatable bonds is 8. The highest BCUT2D eigenvalue weighted by Gasteiger charge is 2.37. The summed E-state index contributed by atoms with van der Waals surface area (Å²) < 4.78 is 70.8. The van der Waals surface area contributed by atoms with Crippen molar-refractivity contribution in [1.82, 2.24) is 9.62 Å². The molecule has 2 rings (SSSR count). The van der Waals surface area contributed by atoms with Crippen molar-refractivity contribution in [3.8, 4) is 0 Å². The SMILES string of the molecule is CCCC(C)NC(=O)COC(=O)C1CCN(S(=O)(=O)c2ccc(Cl)c(C(F)(F)F)c2)CC1. The van der Waals surface area contributed by atoms with Gasteiger partial charge in [0.25, 0.3) is 5.91 Å². The van der Waals surface area contributed by atoms with E-state index in [0.29, 0.717) is 6.07 Å². The number of amides is 1. The van der Waals surface area contributed by atoms with Crippen LogP contribution in [0, 0.1) is 5.92 Å². The largest absolute Gasteiger partial charge is 0.455 e. The number of halogens is 4. The molecule has 0 aliphatic carbocycles. The van der Waals surface area contributed by atoms with E-state index in [9.17, 15) is 31.2 Å². The van der Waals surface area contributed by atoms with Crippen molar-refractivity contribution in [3.05, 3.63) is 28.8 Å². The molecule has 1 aliphatic heterocycles. The van der Waals surface area contributed by atoms with Gasteiger partial charge >= 0.3 is 12.1 Å². The molecule has 1 fully saturated rings. The van der Waals surface area contributed by atoms with Crippen LogP contribution >= 0.6 is 11.6 Å². The van der Waals surface area contributed by atoms with Crippen LogP contribution in [0.15, 0.2) is 23.1 Å². The number of nitrogens with one attached hydrogen (secondary N) is 1. The number of hydrogen-bond donors (Lipinski definition) is 1. The molecule has 7 nitrogen and oxygen atoms in total. The minimum Gasteiger partial charge on any atom is -0.455 e. The maximum absolute atomic E-state index is 13.1. The van der Waals surface area contributed by atoms with E-state index in [0.717, 1.165) is 29.3 Å². The van der Waals surface area contributed by atoms with Crippen molar-refractivity contribution in [2.24, 2.45) is 5.92 Å². The molecule has 0 radical (unpaired) electrons. The first kappa shape index (κ1) is 26.4. The molecule has 1 unspecified atom stereocenters. The van der Waals surface area contributed by atoms with Gasteiger partial charge in [0.2, 0.25) is 10.0 Å². The van der Waals surface area contributed by atoms with Crippen LogP contribution in [0.1, 0.15) is 45.1 Å². The van der Waals surface area contributed by atoms with E-state index < -0.39 is 56.1 Å². The smallest absolute Gasteiger partial charge is 0.417 e. The topological polar surface area (TPSA) is 92.8 Å². The molecule has 1 N–H and O–H groups in total. The highest BCUT2D eigenvalue weighted by Crippen LogP contribution is 2.36. The molecule has 1 heterocycles. The second-order valence-electron chi connectivity index (χ2n) is 7.68. The van der Waals surface area contributed by atoms with Crippen LogP contribution in [0.3, 0.4) is 0 Å². The molecule has 32 heavy (non-hydrogen) atoms. The number of nitrogens with zero attached hydrogens (tertiary/aromatic N) is 1. The fourth-order valence-corrected chi connectivity index (χ4v) is 5.16. The summed E-state index contributed by atoms with van der Waals surface area (Å²) >= 11 is 5.56. The third-order valence-electron chi connectivity index (χ3n) is 5.14. The summed E-state index contributed by atoms with van der Waals surface area (Å²) in [6, 6.07) is 2.39. The highest BCUT2D eigenvalue weighted by molar-refractivity contribution is 7.89. The van der Waals surface area contributed by atoms with Crippen LogP contribution in [-0.2, 0) is 30.5 Å². The van der Waals surface area contributed by atoms with Gasteiger partial charge in [-0.25, -0.2) is 8.42 Å². The van der Waals surface area contributed by atoms with Crippen LogP contribution < -0.4 is 5.32 Å². The maximum Gasteiger partial charge on any atom is 0.417 e. The zero-order chi connectivity index (χ0) is 24.1. The summed E-state index contributed by atoms with van der Waals surface area (Å²) in [6.07, 6.45) is -2.84. The average Bonchev–Trinajstić information content (AvgIpc) is 2.71. The number of carbonyl (C=O) groups excluding carboxylic acids is 2. The van der Waals surface area contributed by atoms with Gasteiger partial charge in [0.1, 0.15) is 0 Å². The molecule has 12 heteroatoms. The molecule has 0 spiro atoms. The van der Waals surface area contributed by atoms with E-state index in [1.165, 1.54) is 0 Å². The predicted octanol–water partition coefficient (Wildman–Crippen LogP) is 3.61. The van der Waals surface area contributed by atoms with Crippen molar-refractivity contribution >= 4 is 33.5 Å². The van der Waals surface area contributed by atoms with Gasteiger partial charge in [-0.05, 0) is 44.4 Å². The Balaban J connectivity index is 1.94. The second kappa shape index (κ2) is 10.8. The van der Waals surface area contributed by atoms with Crippen LogP contribution in [0.5, 0.6) is 0 Å². The fraction of sp³-hybridized carbons (Fsp3) is 0.600. The van der Waals surface area contributed by atoms with Crippen molar-refractivity contribution < 1.29 is 35.9 Å². The third-order valence-corrected chi connectivity index (χ3v) is 7.37. The lowest BCUT2D eigenvalue weighted by atomic mass is 9.98. The lowest BCUT2D eigenvalue weighted by Gasteiger charge is -2.30. The van der Waals surface area contributed by atoms with Gasteiger partial charge in [-0.1, -0.05) is 24.9 Å². The number of sulfonamides is 1. The van der Waals surface area contributed by atoms with Gasteiger partial charge in [-0.2, -0.15) is 17.5 Å². The van der Waals surface area contributed by atoms with Crippen LogP contribution in [0.4, 0.5) is 13.2 Å². The van der Waals surface area contributed by atoms with Crippen molar-refractivity contribution in [2.75, 3.05) is 19.7 Å². The molecule has 1 amide bonds. The van der Waals surface area contributed by atoms with Gasteiger partial charge in [0.15, 0.2) is 6.61 Å². The summed E-state index contributed by atoms with van der Waals surface area (Å²) in [6.45, 7) is 3.28. The number of benzene rings is 1. The zero-order valence-corrected chi connectivity index (χ0v) is 19.3. The summed E-state index contributed by atoms with van der Waals surface area (Å²) in [5, 5.41) is 2.12. The van der Waals surface area contributed by atoms with Gasteiger partial charge < -0.3 is 10.1 Å². The Kier molecular flexibility index (Phi) is 8.95. The van der Waals surface area contributed by atoms with E-state index in [-0.39, 0.29) is 32.0 Å². The fourth-order valence-electron chi connectivity index (χ4n) is 3.44. The lowest BCUT2D eigenvalue weighted by molar-refractivity contribution is -0.153. The van der Waals surface area contributed by atoms with E-state index in [4.69, 9.17) is 16.3 Å². The van der Waals surface area contributed by atoms with Crippen LogP contribution in [0.25, 0.3) is 0 Å². The van der Waals surface area contributed by atoms with Crippen LogP contribution in [0.2, 0.25) is 5.02 Å². The highest BCUT2D eigenvalue weighted by atomic mass is 35.5. The zero-order valence-electron chi connectivity index (χ0n) is 17.7. The van der Waals surface area contributed by atoms with E-state index in [1.54, 1.807) is 0 Å². The molecule has 0 bridgehead atoms. The minimum atomic E-state index is -4.79. The van der Waals surface area contributed by atoms with Gasteiger partial charge in [-0.3, -0.25) is 9.59 Å². The summed E-state index contributed by atoms with van der Waals surface area (Å²) in [5.74, 6) is -1.62. The molecule has 1 aromatic rings. The van der Waals surface area contributed by atoms with Gasteiger partial charge in [0, 0.05) is 19.1 Å². The molecule has 0 saturated carbocycles. The number of carbonyl (C=O) groups is 2. The predicted molar refractivity (Wildman–Crippen MR) is 111 cm³/mol. The summed E-state index contributed by atoms with van der Waals surface area (Å²) in [5.41, 5.74) is -1.23. The van der Waals surface area contributed by atoms with E-state index in [2.05, 4.69) is 5.32 Å². The number of alkyl halides is 3. The standard InChI is InChI=1S/C20H26ClF3N2O5S/c1-3-4-13(2)25-18(27)12-31-19(28)14-7-9-26(10-8-14)32(29,30)15-5-6-17(21)16(11-15)20(22,23)24/h5-6,11,13-14H,3-4,7-10,12H2,1-2H3,(H,25,27). The molecule has 1 saturated heterocycles. The summed E-state index contributed by atoms with van der Waals surface area (Å²) in [4.78, 5) is 23.5. The molecule has 0 aromatic heterocycles. The first-order valence-corrected chi connectivity index (χ1v) is 12.0.